The molecule has 0 saturated carbocycles. The summed E-state index contributed by atoms with van der Waals surface area (Å²) in [5, 5.41) is 31.5. The van der Waals surface area contributed by atoms with Gasteiger partial charge in [-0.15, -0.1) is 0 Å². The average Bonchev–Trinajstić information content (AvgIpc) is 2.37. The van der Waals surface area contributed by atoms with Gasteiger partial charge in [0.25, 0.3) is 0 Å². The second-order valence-electron chi connectivity index (χ2n) is 5.86. The van der Waals surface area contributed by atoms with Gasteiger partial charge in [0.1, 0.15) is 5.75 Å². The summed E-state index contributed by atoms with van der Waals surface area (Å²) < 4.78 is 10.9. The van der Waals surface area contributed by atoms with Gasteiger partial charge < -0.3 is 29.7 Å². The number of hydrogen-bond donors (Lipinski definition) is 4. The van der Waals surface area contributed by atoms with Crippen molar-refractivity contribution in [3.05, 3.63) is 29.8 Å². The number of aliphatic hydroxyl groups is 1. The van der Waals surface area contributed by atoms with E-state index < -0.39 is 18.5 Å². The molecule has 0 amide bonds. The van der Waals surface area contributed by atoms with Crippen LogP contribution in [0, 0.1) is 0 Å². The monoisotopic (exact) mass is 314 g/mol. The molecule has 0 fully saturated rings. The van der Waals surface area contributed by atoms with Crippen molar-refractivity contribution in [1.29, 1.82) is 0 Å². The van der Waals surface area contributed by atoms with E-state index >= 15 is 0 Å². The van der Waals surface area contributed by atoms with Crippen molar-refractivity contribution in [2.75, 3.05) is 13.7 Å². The van der Waals surface area contributed by atoms with E-state index in [0.717, 1.165) is 12.2 Å². The van der Waals surface area contributed by atoms with Gasteiger partial charge in [-0.3, -0.25) is 0 Å². The second-order valence-corrected chi connectivity index (χ2v) is 5.86. The van der Waals surface area contributed by atoms with Crippen molar-refractivity contribution < 1.29 is 29.7 Å². The maximum absolute atomic E-state index is 9.97. The third-order valence-electron chi connectivity index (χ3n) is 3.49. The fourth-order valence-electron chi connectivity index (χ4n) is 1.39. The number of benzene rings is 1. The topological polar surface area (TPSA) is 99.4 Å². The molecule has 1 aromatic rings. The Morgan fingerprint density at radius 2 is 1.45 bits per heavy atom. The van der Waals surface area contributed by atoms with Crippen LogP contribution in [0.2, 0.25) is 0 Å². The minimum atomic E-state index is -2.17. The van der Waals surface area contributed by atoms with Gasteiger partial charge in [0.15, 0.2) is 0 Å². The Labute approximate surface area is 132 Å². The molecule has 0 aliphatic rings. The Kier molecular flexibility index (Phi) is 8.66. The molecule has 0 aliphatic heterocycles. The predicted molar refractivity (Wildman–Crippen MR) is 85.4 cm³/mol. The van der Waals surface area contributed by atoms with E-state index in [-0.39, 0.29) is 0 Å². The van der Waals surface area contributed by atoms with Crippen molar-refractivity contribution in [2.45, 2.75) is 45.3 Å². The fourth-order valence-corrected chi connectivity index (χ4v) is 1.39. The van der Waals surface area contributed by atoms with Crippen molar-refractivity contribution in [1.82, 2.24) is 0 Å². The van der Waals surface area contributed by atoms with Gasteiger partial charge in [0.05, 0.1) is 24.9 Å². The largest absolute Gasteiger partial charge is 0.631 e. The van der Waals surface area contributed by atoms with Crippen molar-refractivity contribution in [2.24, 2.45) is 0 Å². The molecule has 6 nitrogen and oxygen atoms in total. The number of methoxy groups -OCH3 is 1. The normalized spacial score (nSPS) is 11.5. The van der Waals surface area contributed by atoms with Crippen molar-refractivity contribution in [3.63, 3.8) is 0 Å². The first-order valence-electron chi connectivity index (χ1n) is 7.03. The van der Waals surface area contributed by atoms with Gasteiger partial charge >= 0.3 is 7.32 Å². The SMILES string of the molecule is COc1ccc(CCOC(C)(C)C(C)(C)O)cc1.OB(O)O. The van der Waals surface area contributed by atoms with E-state index in [1.807, 2.05) is 38.1 Å². The van der Waals surface area contributed by atoms with Gasteiger partial charge in [-0.1, -0.05) is 12.1 Å². The Bertz CT molecular complexity index is 408. The smallest absolute Gasteiger partial charge is 0.497 e. The van der Waals surface area contributed by atoms with E-state index in [9.17, 15) is 5.11 Å². The van der Waals surface area contributed by atoms with E-state index in [1.54, 1.807) is 21.0 Å². The molecule has 22 heavy (non-hydrogen) atoms. The fraction of sp³-hybridized carbons (Fsp3) is 0.600. The molecule has 0 unspecified atom stereocenters. The lowest BCUT2D eigenvalue weighted by Gasteiger charge is -2.37. The minimum Gasteiger partial charge on any atom is -0.497 e. The van der Waals surface area contributed by atoms with Gasteiger partial charge in [0, 0.05) is 0 Å². The summed E-state index contributed by atoms with van der Waals surface area (Å²) in [7, 11) is -0.510. The number of hydrogen-bond acceptors (Lipinski definition) is 6. The van der Waals surface area contributed by atoms with Crippen LogP contribution in [-0.2, 0) is 11.2 Å². The van der Waals surface area contributed by atoms with Gasteiger partial charge in [-0.05, 0) is 51.8 Å². The quantitative estimate of drug-likeness (QED) is 0.578. The summed E-state index contributed by atoms with van der Waals surface area (Å²) in [6, 6.07) is 7.94. The molecular weight excluding hydrogens is 287 g/mol. The molecular formula is C15H27BO6. The molecule has 0 radical (unpaired) electrons. The van der Waals surface area contributed by atoms with Gasteiger partial charge in [-0.25, -0.2) is 0 Å². The number of ether oxygens (including phenoxy) is 2. The van der Waals surface area contributed by atoms with Crippen LogP contribution in [0.15, 0.2) is 24.3 Å². The second kappa shape index (κ2) is 9.12. The minimum absolute atomic E-state index is 0.556. The Balaban J connectivity index is 0.000000980. The van der Waals surface area contributed by atoms with Crippen molar-refractivity contribution >= 4 is 7.32 Å². The van der Waals surface area contributed by atoms with Crippen LogP contribution >= 0.6 is 0 Å². The lowest BCUT2D eigenvalue weighted by Crippen LogP contribution is -2.47. The molecule has 0 aliphatic carbocycles. The average molecular weight is 314 g/mol. The maximum atomic E-state index is 9.97. The zero-order chi connectivity index (χ0) is 17.4. The van der Waals surface area contributed by atoms with E-state index in [2.05, 4.69) is 0 Å². The van der Waals surface area contributed by atoms with Crippen LogP contribution in [0.4, 0.5) is 0 Å². The summed E-state index contributed by atoms with van der Waals surface area (Å²) >= 11 is 0. The molecule has 0 heterocycles. The third kappa shape index (κ3) is 8.36. The van der Waals surface area contributed by atoms with E-state index in [4.69, 9.17) is 24.5 Å². The maximum Gasteiger partial charge on any atom is 0.631 e. The van der Waals surface area contributed by atoms with Crippen LogP contribution in [0.1, 0.15) is 33.3 Å². The standard InChI is InChI=1S/C15H24O3.BH3O3/c1-14(2,16)15(3,4)18-11-10-12-6-8-13(17-5)9-7-12;2-1(3)4/h6-9,16H,10-11H2,1-5H3;2-4H. The predicted octanol–water partition coefficient (Wildman–Crippen LogP) is 0.752. The Morgan fingerprint density at radius 3 is 1.82 bits per heavy atom. The summed E-state index contributed by atoms with van der Waals surface area (Å²) in [5.41, 5.74) is -0.214. The van der Waals surface area contributed by atoms with Crippen LogP contribution in [-0.4, -0.2) is 52.4 Å². The summed E-state index contributed by atoms with van der Waals surface area (Å²) in [6.07, 6.45) is 0.823. The highest BCUT2D eigenvalue weighted by Gasteiger charge is 2.35. The van der Waals surface area contributed by atoms with Crippen molar-refractivity contribution in [3.8, 4) is 5.75 Å². The van der Waals surface area contributed by atoms with E-state index in [1.165, 1.54) is 5.56 Å². The molecule has 0 bridgehead atoms. The molecule has 0 saturated heterocycles. The molecule has 4 N–H and O–H groups in total. The van der Waals surface area contributed by atoms with Gasteiger partial charge in [0.2, 0.25) is 0 Å². The molecule has 7 heteroatoms. The molecule has 1 aromatic carbocycles. The first-order chi connectivity index (χ1) is 9.99. The van der Waals surface area contributed by atoms with Crippen LogP contribution in [0.3, 0.4) is 0 Å². The first-order valence-corrected chi connectivity index (χ1v) is 7.03. The van der Waals surface area contributed by atoms with Crippen LogP contribution in [0.25, 0.3) is 0 Å². The first kappa shape index (κ1) is 20.9. The summed E-state index contributed by atoms with van der Waals surface area (Å²) in [4.78, 5) is 0. The highest BCUT2D eigenvalue weighted by molar-refractivity contribution is 6.30. The lowest BCUT2D eigenvalue weighted by atomic mass is 9.89. The summed E-state index contributed by atoms with van der Waals surface area (Å²) in [6.45, 7) is 7.92. The lowest BCUT2D eigenvalue weighted by molar-refractivity contribution is -0.146. The Morgan fingerprint density at radius 1 is 1.00 bits per heavy atom. The Hall–Kier alpha value is -1.12. The highest BCUT2D eigenvalue weighted by atomic mass is 16.5. The molecule has 1 rings (SSSR count). The molecule has 0 atom stereocenters. The molecule has 0 spiro atoms. The number of rotatable bonds is 6. The molecule has 0 aromatic heterocycles. The van der Waals surface area contributed by atoms with Crippen LogP contribution < -0.4 is 4.74 Å². The highest BCUT2D eigenvalue weighted by Crippen LogP contribution is 2.25. The zero-order valence-corrected chi connectivity index (χ0v) is 13.9. The van der Waals surface area contributed by atoms with E-state index in [0.29, 0.717) is 6.61 Å². The molecule has 126 valence electrons. The summed E-state index contributed by atoms with van der Waals surface area (Å²) in [5.74, 6) is 0.858. The third-order valence-corrected chi connectivity index (χ3v) is 3.49. The zero-order valence-electron chi connectivity index (χ0n) is 13.9. The van der Waals surface area contributed by atoms with Crippen LogP contribution in [0.5, 0.6) is 5.75 Å². The van der Waals surface area contributed by atoms with Gasteiger partial charge in [-0.2, -0.15) is 0 Å².